The first-order chi connectivity index (χ1) is 20.0. The van der Waals surface area contributed by atoms with Gasteiger partial charge in [-0.15, -0.1) is 10.2 Å². The van der Waals surface area contributed by atoms with Crippen molar-refractivity contribution in [2.24, 2.45) is 0 Å². The SMILES string of the molecule is COc1cc(-c2ccc(N3CCN(S(=O)(=O)c4ccc5c(c4)CCN5C(=O)C(F)(F)F)CC3)nn2)cc(OC)c1OC. The van der Waals surface area contributed by atoms with Gasteiger partial charge in [-0.3, -0.25) is 4.79 Å². The summed E-state index contributed by atoms with van der Waals surface area (Å²) in [6.45, 7) is 0.907. The molecule has 0 N–H and O–H groups in total. The Balaban J connectivity index is 1.26. The molecular weight excluding hydrogens is 579 g/mol. The van der Waals surface area contributed by atoms with Crippen LogP contribution in [0.15, 0.2) is 47.4 Å². The largest absolute Gasteiger partial charge is 0.493 e. The molecule has 0 spiro atoms. The summed E-state index contributed by atoms with van der Waals surface area (Å²) in [6.07, 6.45) is -4.87. The van der Waals surface area contributed by atoms with E-state index in [-0.39, 0.29) is 36.6 Å². The molecular formula is C27H28F3N5O6S. The summed E-state index contributed by atoms with van der Waals surface area (Å²) in [4.78, 5) is 14.3. The Morgan fingerprint density at radius 3 is 2.07 bits per heavy atom. The van der Waals surface area contributed by atoms with Crippen LogP contribution in [0.1, 0.15) is 5.56 Å². The molecule has 0 unspecified atom stereocenters. The molecule has 1 aromatic heterocycles. The van der Waals surface area contributed by atoms with Crippen molar-refractivity contribution in [2.45, 2.75) is 17.5 Å². The molecule has 3 heterocycles. The van der Waals surface area contributed by atoms with E-state index in [9.17, 15) is 26.4 Å². The van der Waals surface area contributed by atoms with E-state index >= 15 is 0 Å². The smallest absolute Gasteiger partial charge is 0.471 e. The van der Waals surface area contributed by atoms with Crippen molar-refractivity contribution in [1.82, 2.24) is 14.5 Å². The first-order valence-corrected chi connectivity index (χ1v) is 14.3. The molecule has 0 bridgehead atoms. The molecule has 1 saturated heterocycles. The number of carbonyl (C=O) groups excluding carboxylic acids is 1. The number of anilines is 2. The number of benzene rings is 2. The van der Waals surface area contributed by atoms with Crippen molar-refractivity contribution < 1.29 is 40.6 Å². The summed E-state index contributed by atoms with van der Waals surface area (Å²) in [7, 11) is 0.656. The molecule has 11 nitrogen and oxygen atoms in total. The van der Waals surface area contributed by atoms with Crippen LogP contribution in [-0.2, 0) is 21.2 Å². The Labute approximate surface area is 240 Å². The van der Waals surface area contributed by atoms with Crippen LogP contribution in [0.25, 0.3) is 11.3 Å². The van der Waals surface area contributed by atoms with Crippen molar-refractivity contribution in [3.8, 4) is 28.5 Å². The molecule has 0 atom stereocenters. The molecule has 2 aliphatic rings. The van der Waals surface area contributed by atoms with Crippen molar-refractivity contribution in [3.05, 3.63) is 48.0 Å². The molecule has 42 heavy (non-hydrogen) atoms. The lowest BCUT2D eigenvalue weighted by Crippen LogP contribution is -2.49. The van der Waals surface area contributed by atoms with Crippen LogP contribution in [-0.4, -0.2) is 89.1 Å². The fourth-order valence-electron chi connectivity index (χ4n) is 5.09. The minimum absolute atomic E-state index is 0.0227. The van der Waals surface area contributed by atoms with E-state index < -0.39 is 22.1 Å². The lowest BCUT2D eigenvalue weighted by atomic mass is 10.1. The minimum atomic E-state index is -5.01. The molecule has 3 aromatic rings. The van der Waals surface area contributed by atoms with Gasteiger partial charge in [-0.1, -0.05) is 0 Å². The first kappa shape index (κ1) is 29.4. The monoisotopic (exact) mass is 607 g/mol. The molecule has 224 valence electrons. The number of aromatic nitrogens is 2. The van der Waals surface area contributed by atoms with Gasteiger partial charge >= 0.3 is 12.1 Å². The molecule has 2 aromatic carbocycles. The second-order valence-electron chi connectivity index (χ2n) is 9.58. The number of sulfonamides is 1. The number of hydrogen-bond donors (Lipinski definition) is 0. The van der Waals surface area contributed by atoms with E-state index in [0.717, 1.165) is 0 Å². The number of piperazine rings is 1. The third-order valence-corrected chi connectivity index (χ3v) is 9.14. The highest BCUT2D eigenvalue weighted by molar-refractivity contribution is 7.89. The van der Waals surface area contributed by atoms with Crippen LogP contribution >= 0.6 is 0 Å². The van der Waals surface area contributed by atoms with Gasteiger partial charge in [0.1, 0.15) is 0 Å². The molecule has 1 amide bonds. The van der Waals surface area contributed by atoms with Crippen LogP contribution in [0.5, 0.6) is 17.2 Å². The van der Waals surface area contributed by atoms with Crippen LogP contribution in [0, 0.1) is 0 Å². The summed E-state index contributed by atoms with van der Waals surface area (Å²) in [6, 6.07) is 11.0. The van der Waals surface area contributed by atoms with Gasteiger partial charge in [-0.05, 0) is 54.4 Å². The number of alkyl halides is 3. The minimum Gasteiger partial charge on any atom is -0.493 e. The van der Waals surface area contributed by atoms with Gasteiger partial charge in [-0.2, -0.15) is 17.5 Å². The highest BCUT2D eigenvalue weighted by atomic mass is 32.2. The van der Waals surface area contributed by atoms with E-state index in [1.165, 1.54) is 43.8 Å². The van der Waals surface area contributed by atoms with Gasteiger partial charge in [0.2, 0.25) is 15.8 Å². The maximum Gasteiger partial charge on any atom is 0.471 e. The average Bonchev–Trinajstić information content (AvgIpc) is 3.42. The van der Waals surface area contributed by atoms with Crippen molar-refractivity contribution in [2.75, 3.05) is 63.9 Å². The summed E-state index contributed by atoms with van der Waals surface area (Å²) >= 11 is 0. The van der Waals surface area contributed by atoms with E-state index in [1.807, 2.05) is 4.90 Å². The van der Waals surface area contributed by atoms with E-state index in [4.69, 9.17) is 14.2 Å². The summed E-state index contributed by atoms with van der Waals surface area (Å²) in [5, 5.41) is 8.68. The lowest BCUT2D eigenvalue weighted by molar-refractivity contribution is -0.170. The predicted octanol–water partition coefficient (Wildman–Crippen LogP) is 3.13. The number of rotatable bonds is 7. The van der Waals surface area contributed by atoms with Crippen molar-refractivity contribution in [3.63, 3.8) is 0 Å². The van der Waals surface area contributed by atoms with E-state index in [1.54, 1.807) is 24.3 Å². The average molecular weight is 608 g/mol. The van der Waals surface area contributed by atoms with Crippen LogP contribution in [0.2, 0.25) is 0 Å². The van der Waals surface area contributed by atoms with Crippen molar-refractivity contribution in [1.29, 1.82) is 0 Å². The third-order valence-electron chi connectivity index (χ3n) is 7.25. The number of nitrogens with zero attached hydrogens (tertiary/aromatic N) is 5. The number of halogens is 3. The van der Waals surface area contributed by atoms with Crippen LogP contribution in [0.3, 0.4) is 0 Å². The Kier molecular flexibility index (Phi) is 7.90. The van der Waals surface area contributed by atoms with Gasteiger partial charge in [0.25, 0.3) is 0 Å². The number of methoxy groups -OCH3 is 3. The topological polar surface area (TPSA) is 114 Å². The molecule has 1 fully saturated rings. The van der Waals surface area contributed by atoms with E-state index in [0.29, 0.717) is 57.9 Å². The zero-order valence-electron chi connectivity index (χ0n) is 23.0. The Hall–Kier alpha value is -4.11. The zero-order valence-corrected chi connectivity index (χ0v) is 23.8. The Morgan fingerprint density at radius 1 is 0.857 bits per heavy atom. The third kappa shape index (κ3) is 5.41. The second kappa shape index (κ2) is 11.3. The summed E-state index contributed by atoms with van der Waals surface area (Å²) in [5.41, 5.74) is 1.75. The number of hydrogen-bond acceptors (Lipinski definition) is 9. The molecule has 2 aliphatic heterocycles. The normalized spacial score (nSPS) is 15.9. The Morgan fingerprint density at radius 2 is 1.52 bits per heavy atom. The number of fused-ring (bicyclic) bond motifs is 1. The maximum atomic E-state index is 13.3. The fraction of sp³-hybridized carbons (Fsp3) is 0.370. The zero-order chi connectivity index (χ0) is 30.2. The van der Waals surface area contributed by atoms with Crippen molar-refractivity contribution >= 4 is 27.4 Å². The van der Waals surface area contributed by atoms with Crippen LogP contribution in [0.4, 0.5) is 24.7 Å². The van der Waals surface area contributed by atoms with Crippen LogP contribution < -0.4 is 24.0 Å². The maximum absolute atomic E-state index is 13.3. The molecule has 15 heteroatoms. The number of amides is 1. The van der Waals surface area contributed by atoms with Gasteiger partial charge in [0, 0.05) is 44.0 Å². The summed E-state index contributed by atoms with van der Waals surface area (Å²) in [5.74, 6) is 0.0263. The van der Waals surface area contributed by atoms with Gasteiger partial charge < -0.3 is 24.0 Å². The lowest BCUT2D eigenvalue weighted by Gasteiger charge is -2.34. The van der Waals surface area contributed by atoms with Gasteiger partial charge in [-0.25, -0.2) is 8.42 Å². The molecule has 0 saturated carbocycles. The summed E-state index contributed by atoms with van der Waals surface area (Å²) < 4.78 is 83.0. The number of carbonyl (C=O) groups is 1. The fourth-order valence-corrected chi connectivity index (χ4v) is 6.56. The van der Waals surface area contributed by atoms with Gasteiger partial charge in [0.15, 0.2) is 17.3 Å². The highest BCUT2D eigenvalue weighted by Crippen LogP contribution is 2.41. The standard InChI is InChI=1S/C27H28F3N5O6S/c1-39-22-15-18(16-23(40-2)25(22)41-3)20-5-7-24(32-31-20)33-10-12-34(13-11-33)42(37,38)19-4-6-21-17(14-19)8-9-35(21)26(36)27(28,29)30/h4-7,14-16H,8-13H2,1-3H3. The molecule has 5 rings (SSSR count). The quantitative estimate of drug-likeness (QED) is 0.400. The van der Waals surface area contributed by atoms with Gasteiger partial charge in [0.05, 0.1) is 31.9 Å². The second-order valence-corrected chi connectivity index (χ2v) is 11.5. The predicted molar refractivity (Wildman–Crippen MR) is 147 cm³/mol. The first-order valence-electron chi connectivity index (χ1n) is 12.9. The Bertz CT molecular complexity index is 1570. The number of ether oxygens (including phenoxy) is 3. The van der Waals surface area contributed by atoms with E-state index in [2.05, 4.69) is 10.2 Å². The molecule has 0 radical (unpaired) electrons. The highest BCUT2D eigenvalue weighted by Gasteiger charge is 2.45. The molecule has 0 aliphatic carbocycles.